The van der Waals surface area contributed by atoms with Gasteiger partial charge >= 0.3 is 0 Å². The molecule has 3 rings (SSSR count). The Balaban J connectivity index is 1.94. The number of rotatable bonds is 0. The van der Waals surface area contributed by atoms with Crippen molar-refractivity contribution < 1.29 is 0 Å². The Hall–Kier alpha value is -0.0400. The minimum atomic E-state index is 0.970. The van der Waals surface area contributed by atoms with Gasteiger partial charge < -0.3 is 0 Å². The van der Waals surface area contributed by atoms with Crippen LogP contribution < -0.4 is 0 Å². The van der Waals surface area contributed by atoms with E-state index in [1.54, 1.807) is 0 Å². The first-order valence-corrected chi connectivity index (χ1v) is 5.55. The summed E-state index contributed by atoms with van der Waals surface area (Å²) in [5, 5.41) is 0. The lowest BCUT2D eigenvalue weighted by Crippen LogP contribution is -2.38. The van der Waals surface area contributed by atoms with Gasteiger partial charge in [0.05, 0.1) is 0 Å². The van der Waals surface area contributed by atoms with Gasteiger partial charge in [-0.05, 0) is 43.6 Å². The summed E-state index contributed by atoms with van der Waals surface area (Å²) in [5.41, 5.74) is 0. The molecular weight excluding hydrogens is 146 g/mol. The molecule has 2 heterocycles. The fourth-order valence-corrected chi connectivity index (χ4v) is 4.33. The molecule has 0 N–H and O–H groups in total. The quantitative estimate of drug-likeness (QED) is 0.531. The lowest BCUT2D eigenvalue weighted by Gasteiger charge is -2.32. The van der Waals surface area contributed by atoms with Crippen molar-refractivity contribution in [3.8, 4) is 0 Å². The van der Waals surface area contributed by atoms with E-state index in [2.05, 4.69) is 18.7 Å². The van der Waals surface area contributed by atoms with Gasteiger partial charge in [0.25, 0.3) is 0 Å². The summed E-state index contributed by atoms with van der Waals surface area (Å²) in [5.74, 6) is 3.08. The Kier molecular flexibility index (Phi) is 1.39. The Labute approximate surface area is 75.1 Å². The standard InChI is InChI=1S/C11H19N/c1-7-6-10-8(2)11(7)9-4-3-5-12(9)10/h7-11H,3-6H2,1-2H3. The minimum absolute atomic E-state index is 0.970. The minimum Gasteiger partial charge on any atom is -0.297 e. The molecule has 1 saturated carbocycles. The smallest absolute Gasteiger partial charge is 0.0133 e. The van der Waals surface area contributed by atoms with Gasteiger partial charge in [-0.2, -0.15) is 0 Å². The highest BCUT2D eigenvalue weighted by Crippen LogP contribution is 2.53. The van der Waals surface area contributed by atoms with E-state index in [0.29, 0.717) is 0 Å². The van der Waals surface area contributed by atoms with Crippen molar-refractivity contribution in [1.82, 2.24) is 4.90 Å². The average molecular weight is 165 g/mol. The third-order valence-corrected chi connectivity index (χ3v) is 4.70. The number of fused-ring (bicyclic) bond motifs is 5. The van der Waals surface area contributed by atoms with Crippen LogP contribution in [-0.2, 0) is 0 Å². The zero-order valence-electron chi connectivity index (χ0n) is 8.16. The highest BCUT2D eigenvalue weighted by molar-refractivity contribution is 5.08. The fourth-order valence-electron chi connectivity index (χ4n) is 4.33. The molecule has 1 heteroatoms. The molecule has 1 aliphatic carbocycles. The van der Waals surface area contributed by atoms with Crippen LogP contribution in [-0.4, -0.2) is 23.5 Å². The zero-order valence-corrected chi connectivity index (χ0v) is 8.16. The Morgan fingerprint density at radius 3 is 2.83 bits per heavy atom. The van der Waals surface area contributed by atoms with Gasteiger partial charge in [0.15, 0.2) is 0 Å². The summed E-state index contributed by atoms with van der Waals surface area (Å²) in [4.78, 5) is 2.81. The molecule has 0 aromatic heterocycles. The monoisotopic (exact) mass is 165 g/mol. The molecule has 3 fully saturated rings. The summed E-state index contributed by atoms with van der Waals surface area (Å²) < 4.78 is 0. The summed E-state index contributed by atoms with van der Waals surface area (Å²) in [7, 11) is 0. The molecule has 5 unspecified atom stereocenters. The van der Waals surface area contributed by atoms with Gasteiger partial charge in [-0.25, -0.2) is 0 Å². The van der Waals surface area contributed by atoms with E-state index in [4.69, 9.17) is 0 Å². The van der Waals surface area contributed by atoms with E-state index in [9.17, 15) is 0 Å². The molecule has 5 atom stereocenters. The van der Waals surface area contributed by atoms with Crippen LogP contribution >= 0.6 is 0 Å². The van der Waals surface area contributed by atoms with Crippen LogP contribution in [0.1, 0.15) is 33.1 Å². The Bertz CT molecular complexity index is 199. The van der Waals surface area contributed by atoms with E-state index in [1.807, 2.05) is 0 Å². The van der Waals surface area contributed by atoms with E-state index in [1.165, 1.54) is 25.8 Å². The average Bonchev–Trinajstić information content (AvgIpc) is 2.61. The summed E-state index contributed by atoms with van der Waals surface area (Å²) >= 11 is 0. The van der Waals surface area contributed by atoms with Crippen molar-refractivity contribution >= 4 is 0 Å². The molecule has 0 amide bonds. The fraction of sp³-hybridized carbons (Fsp3) is 1.00. The Morgan fingerprint density at radius 1 is 1.17 bits per heavy atom. The molecule has 12 heavy (non-hydrogen) atoms. The van der Waals surface area contributed by atoms with Crippen molar-refractivity contribution in [2.45, 2.75) is 45.2 Å². The first-order valence-electron chi connectivity index (χ1n) is 5.55. The number of nitrogens with zero attached hydrogens (tertiary/aromatic N) is 1. The molecule has 2 bridgehead atoms. The van der Waals surface area contributed by atoms with E-state index in [-0.39, 0.29) is 0 Å². The molecular formula is C11H19N. The molecule has 68 valence electrons. The van der Waals surface area contributed by atoms with Gasteiger partial charge in [-0.1, -0.05) is 13.8 Å². The van der Waals surface area contributed by atoms with Crippen LogP contribution in [0.15, 0.2) is 0 Å². The van der Waals surface area contributed by atoms with Gasteiger partial charge in [0, 0.05) is 12.1 Å². The van der Waals surface area contributed by atoms with Crippen molar-refractivity contribution in [3.63, 3.8) is 0 Å². The molecule has 3 aliphatic rings. The van der Waals surface area contributed by atoms with Gasteiger partial charge in [-0.3, -0.25) is 4.90 Å². The van der Waals surface area contributed by atoms with Gasteiger partial charge in [0.2, 0.25) is 0 Å². The highest BCUT2D eigenvalue weighted by atomic mass is 15.3. The predicted molar refractivity (Wildman–Crippen MR) is 50.0 cm³/mol. The maximum Gasteiger partial charge on any atom is 0.0133 e. The third kappa shape index (κ3) is 0.693. The predicted octanol–water partition coefficient (Wildman–Crippen LogP) is 2.13. The van der Waals surface area contributed by atoms with Gasteiger partial charge in [0.1, 0.15) is 0 Å². The van der Waals surface area contributed by atoms with Crippen LogP contribution in [0, 0.1) is 17.8 Å². The molecule has 2 saturated heterocycles. The van der Waals surface area contributed by atoms with E-state index in [0.717, 1.165) is 29.8 Å². The summed E-state index contributed by atoms with van der Waals surface area (Å²) in [6, 6.07) is 1.96. The third-order valence-electron chi connectivity index (χ3n) is 4.70. The van der Waals surface area contributed by atoms with Crippen molar-refractivity contribution in [2.75, 3.05) is 6.54 Å². The van der Waals surface area contributed by atoms with Crippen LogP contribution in [0.2, 0.25) is 0 Å². The van der Waals surface area contributed by atoms with E-state index >= 15 is 0 Å². The summed E-state index contributed by atoms with van der Waals surface area (Å²) in [6.45, 7) is 6.36. The molecule has 0 aromatic carbocycles. The number of hydrogen-bond acceptors (Lipinski definition) is 1. The van der Waals surface area contributed by atoms with Crippen LogP contribution in [0.3, 0.4) is 0 Å². The van der Waals surface area contributed by atoms with Crippen LogP contribution in [0.4, 0.5) is 0 Å². The molecule has 0 radical (unpaired) electrons. The SMILES string of the molecule is CC1CC2C(C)C1C1CCCN21. The largest absolute Gasteiger partial charge is 0.297 e. The maximum absolute atomic E-state index is 2.81. The Morgan fingerprint density at radius 2 is 2.00 bits per heavy atom. The highest BCUT2D eigenvalue weighted by Gasteiger charge is 2.55. The first-order chi connectivity index (χ1) is 5.79. The first kappa shape index (κ1) is 7.37. The van der Waals surface area contributed by atoms with Crippen LogP contribution in [0.5, 0.6) is 0 Å². The summed E-state index contributed by atoms with van der Waals surface area (Å²) in [6.07, 6.45) is 4.45. The van der Waals surface area contributed by atoms with E-state index < -0.39 is 0 Å². The number of hydrogen-bond donors (Lipinski definition) is 0. The second kappa shape index (κ2) is 2.25. The topological polar surface area (TPSA) is 3.24 Å². The molecule has 1 nitrogen and oxygen atoms in total. The maximum atomic E-state index is 2.81. The second-order valence-corrected chi connectivity index (χ2v) is 5.16. The molecule has 0 aromatic rings. The van der Waals surface area contributed by atoms with Crippen molar-refractivity contribution in [3.05, 3.63) is 0 Å². The normalized spacial score (nSPS) is 58.0. The molecule has 2 aliphatic heterocycles. The van der Waals surface area contributed by atoms with Crippen molar-refractivity contribution in [2.24, 2.45) is 17.8 Å². The second-order valence-electron chi connectivity index (χ2n) is 5.16. The van der Waals surface area contributed by atoms with Crippen molar-refractivity contribution in [1.29, 1.82) is 0 Å². The lowest BCUT2D eigenvalue weighted by atomic mass is 9.85. The molecule has 0 spiro atoms. The number of piperidine rings is 1. The van der Waals surface area contributed by atoms with Gasteiger partial charge in [-0.15, -0.1) is 0 Å². The van der Waals surface area contributed by atoms with Crippen LogP contribution in [0.25, 0.3) is 0 Å². The lowest BCUT2D eigenvalue weighted by molar-refractivity contribution is 0.151. The zero-order chi connectivity index (χ0) is 8.29.